The average molecular weight is 192 g/mol. The third-order valence-corrected chi connectivity index (χ3v) is 1.90. The fraction of sp³-hybridized carbons (Fsp3) is 0.200. The van der Waals surface area contributed by atoms with Crippen LogP contribution in [0.2, 0.25) is 0 Å². The highest BCUT2D eigenvalue weighted by molar-refractivity contribution is 5.99. The van der Waals surface area contributed by atoms with Gasteiger partial charge in [-0.3, -0.25) is 10.2 Å². The molecule has 0 aliphatic heterocycles. The first-order valence-corrected chi connectivity index (χ1v) is 4.12. The summed E-state index contributed by atoms with van der Waals surface area (Å²) >= 11 is 0. The summed E-state index contributed by atoms with van der Waals surface area (Å²) in [7, 11) is 3.18. The molecule has 1 aromatic carbocycles. The van der Waals surface area contributed by atoms with Gasteiger partial charge in [0, 0.05) is 18.3 Å². The molecule has 0 saturated heterocycles. The Kier molecular flexibility index (Phi) is 3.23. The normalized spacial score (nSPS) is 9.29. The molecule has 0 spiro atoms. The van der Waals surface area contributed by atoms with Crippen molar-refractivity contribution in [2.24, 2.45) is 0 Å². The van der Waals surface area contributed by atoms with Gasteiger partial charge in [0.25, 0.3) is 0 Å². The molecule has 1 rings (SSSR count). The molecule has 0 aliphatic carbocycles. The van der Waals surface area contributed by atoms with E-state index in [9.17, 15) is 4.79 Å². The second kappa shape index (κ2) is 4.41. The van der Waals surface area contributed by atoms with Gasteiger partial charge < -0.3 is 10.1 Å². The SMILES string of the molecule is CNc1ccc(C=O)cc1C(=N)OC. The summed E-state index contributed by atoms with van der Waals surface area (Å²) in [6.07, 6.45) is 0.742. The molecule has 0 unspecified atom stereocenters. The van der Waals surface area contributed by atoms with Crippen LogP contribution in [0, 0.1) is 5.41 Å². The van der Waals surface area contributed by atoms with Crippen molar-refractivity contribution in [3.05, 3.63) is 29.3 Å². The number of hydrogen-bond donors (Lipinski definition) is 2. The highest BCUT2D eigenvalue weighted by atomic mass is 16.5. The molecule has 0 radical (unpaired) electrons. The van der Waals surface area contributed by atoms with Gasteiger partial charge in [-0.1, -0.05) is 0 Å². The summed E-state index contributed by atoms with van der Waals surface area (Å²) in [5, 5.41) is 10.4. The van der Waals surface area contributed by atoms with Crippen LogP contribution >= 0.6 is 0 Å². The van der Waals surface area contributed by atoms with E-state index in [0.717, 1.165) is 12.0 Å². The highest BCUT2D eigenvalue weighted by Gasteiger charge is 2.07. The second-order valence-electron chi connectivity index (χ2n) is 2.71. The second-order valence-corrected chi connectivity index (χ2v) is 2.71. The smallest absolute Gasteiger partial charge is 0.215 e. The zero-order valence-electron chi connectivity index (χ0n) is 8.13. The molecule has 14 heavy (non-hydrogen) atoms. The average Bonchev–Trinajstić information content (AvgIpc) is 2.27. The lowest BCUT2D eigenvalue weighted by molar-refractivity contribution is 0.112. The molecule has 1 aromatic rings. The minimum Gasteiger partial charge on any atom is -0.481 e. The van der Waals surface area contributed by atoms with Crippen LogP contribution in [0.5, 0.6) is 0 Å². The van der Waals surface area contributed by atoms with Gasteiger partial charge in [0.1, 0.15) is 6.29 Å². The van der Waals surface area contributed by atoms with Crippen molar-refractivity contribution >= 4 is 17.9 Å². The molecule has 0 heterocycles. The van der Waals surface area contributed by atoms with Crippen LogP contribution in [0.4, 0.5) is 5.69 Å². The molecule has 0 aliphatic rings. The molecule has 4 heteroatoms. The van der Waals surface area contributed by atoms with Crippen molar-refractivity contribution in [1.82, 2.24) is 0 Å². The summed E-state index contributed by atoms with van der Waals surface area (Å²) < 4.78 is 4.81. The zero-order chi connectivity index (χ0) is 10.6. The Labute approximate surface area is 82.4 Å². The largest absolute Gasteiger partial charge is 0.481 e. The Morgan fingerprint density at radius 3 is 2.79 bits per heavy atom. The third kappa shape index (κ3) is 1.90. The molecule has 0 saturated carbocycles. The quantitative estimate of drug-likeness (QED) is 0.433. The summed E-state index contributed by atoms with van der Waals surface area (Å²) in [5.41, 5.74) is 1.88. The predicted octanol–water partition coefficient (Wildman–Crippen LogP) is 1.51. The molecule has 74 valence electrons. The van der Waals surface area contributed by atoms with Gasteiger partial charge in [0.2, 0.25) is 5.90 Å². The maximum absolute atomic E-state index is 10.5. The lowest BCUT2D eigenvalue weighted by atomic mass is 10.1. The van der Waals surface area contributed by atoms with Crippen LogP contribution in [-0.2, 0) is 4.74 Å². The van der Waals surface area contributed by atoms with Crippen LogP contribution in [0.15, 0.2) is 18.2 Å². The number of benzene rings is 1. The zero-order valence-corrected chi connectivity index (χ0v) is 8.13. The lowest BCUT2D eigenvalue weighted by Crippen LogP contribution is -2.06. The third-order valence-electron chi connectivity index (χ3n) is 1.90. The molecular formula is C10H12N2O2. The van der Waals surface area contributed by atoms with Crippen LogP contribution in [0.25, 0.3) is 0 Å². The number of nitrogens with one attached hydrogen (secondary N) is 2. The van der Waals surface area contributed by atoms with E-state index in [0.29, 0.717) is 11.1 Å². The van der Waals surface area contributed by atoms with E-state index in [-0.39, 0.29) is 5.90 Å². The predicted molar refractivity (Wildman–Crippen MR) is 55.2 cm³/mol. The van der Waals surface area contributed by atoms with E-state index < -0.39 is 0 Å². The standard InChI is InChI=1S/C10H12N2O2/c1-12-9-4-3-7(6-13)5-8(9)10(11)14-2/h3-6,11-12H,1-2H3. The van der Waals surface area contributed by atoms with Crippen molar-refractivity contribution in [3.8, 4) is 0 Å². The maximum atomic E-state index is 10.5. The Balaban J connectivity index is 3.21. The Hall–Kier alpha value is -1.84. The summed E-state index contributed by atoms with van der Waals surface area (Å²) in [6.45, 7) is 0. The van der Waals surface area contributed by atoms with Gasteiger partial charge in [-0.2, -0.15) is 0 Å². The number of hydrogen-bond acceptors (Lipinski definition) is 4. The number of methoxy groups -OCH3 is 1. The molecule has 0 amide bonds. The Morgan fingerprint density at radius 2 is 2.29 bits per heavy atom. The molecule has 0 bridgehead atoms. The highest BCUT2D eigenvalue weighted by Crippen LogP contribution is 2.17. The first-order chi connectivity index (χ1) is 6.72. The van der Waals surface area contributed by atoms with E-state index >= 15 is 0 Å². The number of carbonyl (C=O) groups excluding carboxylic acids is 1. The number of carbonyl (C=O) groups is 1. The van der Waals surface area contributed by atoms with Crippen molar-refractivity contribution in [1.29, 1.82) is 5.41 Å². The molecule has 0 fully saturated rings. The minimum absolute atomic E-state index is 0.0399. The first-order valence-electron chi connectivity index (χ1n) is 4.12. The minimum atomic E-state index is 0.0399. The van der Waals surface area contributed by atoms with Gasteiger partial charge in [0.15, 0.2) is 0 Å². The monoisotopic (exact) mass is 192 g/mol. The molecular weight excluding hydrogens is 180 g/mol. The van der Waals surface area contributed by atoms with Gasteiger partial charge >= 0.3 is 0 Å². The van der Waals surface area contributed by atoms with Gasteiger partial charge in [-0.15, -0.1) is 0 Å². The van der Waals surface area contributed by atoms with Gasteiger partial charge in [-0.05, 0) is 18.2 Å². The fourth-order valence-corrected chi connectivity index (χ4v) is 1.15. The molecule has 0 aromatic heterocycles. The van der Waals surface area contributed by atoms with Crippen LogP contribution < -0.4 is 5.32 Å². The summed E-state index contributed by atoms with van der Waals surface area (Å²) in [5.74, 6) is 0.0399. The Morgan fingerprint density at radius 1 is 1.57 bits per heavy atom. The number of ether oxygens (including phenoxy) is 1. The van der Waals surface area contributed by atoms with Crippen molar-refractivity contribution in [3.63, 3.8) is 0 Å². The Bertz CT molecular complexity index is 361. The lowest BCUT2D eigenvalue weighted by Gasteiger charge is -2.09. The van der Waals surface area contributed by atoms with Gasteiger partial charge in [0.05, 0.1) is 12.7 Å². The van der Waals surface area contributed by atoms with E-state index in [2.05, 4.69) is 5.32 Å². The van der Waals surface area contributed by atoms with Crippen molar-refractivity contribution in [2.45, 2.75) is 0 Å². The number of anilines is 1. The topological polar surface area (TPSA) is 62.2 Å². The maximum Gasteiger partial charge on any atom is 0.215 e. The fourth-order valence-electron chi connectivity index (χ4n) is 1.15. The molecule has 2 N–H and O–H groups in total. The number of rotatable bonds is 3. The van der Waals surface area contributed by atoms with E-state index in [1.807, 2.05) is 0 Å². The van der Waals surface area contributed by atoms with Gasteiger partial charge in [-0.25, -0.2) is 0 Å². The van der Waals surface area contributed by atoms with E-state index in [1.165, 1.54) is 7.11 Å². The van der Waals surface area contributed by atoms with Crippen molar-refractivity contribution in [2.75, 3.05) is 19.5 Å². The molecule has 0 atom stereocenters. The van der Waals surface area contributed by atoms with E-state index in [1.54, 1.807) is 25.2 Å². The van der Waals surface area contributed by atoms with E-state index in [4.69, 9.17) is 10.1 Å². The molecule has 4 nitrogen and oxygen atoms in total. The first kappa shape index (κ1) is 10.2. The summed E-state index contributed by atoms with van der Waals surface area (Å²) in [4.78, 5) is 10.5. The summed E-state index contributed by atoms with van der Waals surface area (Å²) in [6, 6.07) is 5.04. The number of aldehydes is 1. The van der Waals surface area contributed by atoms with Crippen LogP contribution in [-0.4, -0.2) is 26.3 Å². The van der Waals surface area contributed by atoms with Crippen LogP contribution in [0.1, 0.15) is 15.9 Å². The van der Waals surface area contributed by atoms with Crippen molar-refractivity contribution < 1.29 is 9.53 Å². The van der Waals surface area contributed by atoms with Crippen LogP contribution in [0.3, 0.4) is 0 Å².